The molecule has 1 saturated carbocycles. The number of aryl methyl sites for hydroxylation is 2. The molecule has 1 fully saturated rings. The van der Waals surface area contributed by atoms with Crippen LogP contribution in [-0.4, -0.2) is 15.8 Å². The maximum Gasteiger partial charge on any atom is 0.119 e. The van der Waals surface area contributed by atoms with Crippen LogP contribution in [0.2, 0.25) is 0 Å². The second-order valence-electron chi connectivity index (χ2n) is 4.48. The van der Waals surface area contributed by atoms with Crippen molar-refractivity contribution in [2.75, 3.05) is 0 Å². The Morgan fingerprint density at radius 3 is 2.43 bits per heavy atom. The van der Waals surface area contributed by atoms with Gasteiger partial charge in [0, 0.05) is 6.42 Å². The monoisotopic (exact) mass is 192 g/mol. The van der Waals surface area contributed by atoms with Crippen LogP contribution >= 0.6 is 0 Å². The highest BCUT2D eigenvalue weighted by atomic mass is 16.3. The largest absolute Gasteiger partial charge is 0.508 e. The number of aliphatic hydroxyl groups is 1. The summed E-state index contributed by atoms with van der Waals surface area (Å²) in [6.07, 6.45) is 2.31. The summed E-state index contributed by atoms with van der Waals surface area (Å²) >= 11 is 0. The lowest BCUT2D eigenvalue weighted by Gasteiger charge is -2.13. The number of phenols is 1. The van der Waals surface area contributed by atoms with Gasteiger partial charge in [0.05, 0.1) is 5.60 Å². The number of rotatable bonds is 2. The zero-order valence-electron chi connectivity index (χ0n) is 8.67. The molecule has 0 heterocycles. The number of aromatic hydroxyl groups is 1. The fourth-order valence-electron chi connectivity index (χ4n) is 1.86. The lowest BCUT2D eigenvalue weighted by atomic mass is 9.98. The lowest BCUT2D eigenvalue weighted by molar-refractivity contribution is 0.149. The number of benzene rings is 1. The van der Waals surface area contributed by atoms with E-state index in [0.29, 0.717) is 12.2 Å². The first-order valence-electron chi connectivity index (χ1n) is 5.02. The van der Waals surface area contributed by atoms with E-state index < -0.39 is 5.60 Å². The van der Waals surface area contributed by atoms with Gasteiger partial charge in [-0.2, -0.15) is 0 Å². The first-order valence-corrected chi connectivity index (χ1v) is 5.02. The molecule has 0 amide bonds. The van der Waals surface area contributed by atoms with Crippen LogP contribution in [0.25, 0.3) is 0 Å². The second kappa shape index (κ2) is 2.99. The van der Waals surface area contributed by atoms with Crippen LogP contribution in [0.4, 0.5) is 0 Å². The topological polar surface area (TPSA) is 40.5 Å². The maximum absolute atomic E-state index is 9.79. The van der Waals surface area contributed by atoms with Crippen LogP contribution in [0.1, 0.15) is 29.5 Å². The van der Waals surface area contributed by atoms with Crippen molar-refractivity contribution >= 4 is 0 Å². The van der Waals surface area contributed by atoms with E-state index in [4.69, 9.17) is 0 Å². The summed E-state index contributed by atoms with van der Waals surface area (Å²) in [5.41, 5.74) is 2.50. The molecule has 0 spiro atoms. The van der Waals surface area contributed by atoms with E-state index in [0.717, 1.165) is 29.5 Å². The summed E-state index contributed by atoms with van der Waals surface area (Å²) in [4.78, 5) is 0. The number of hydrogen-bond acceptors (Lipinski definition) is 2. The summed E-state index contributed by atoms with van der Waals surface area (Å²) in [7, 11) is 0. The zero-order chi connectivity index (χ0) is 10.3. The SMILES string of the molecule is Cc1cc(C)c(CC2(O)CC2)c(O)c1. The molecule has 2 heteroatoms. The molecule has 0 bridgehead atoms. The summed E-state index contributed by atoms with van der Waals surface area (Å²) in [6.45, 7) is 3.94. The Bertz CT molecular complexity index is 342. The van der Waals surface area contributed by atoms with Crippen LogP contribution in [0.5, 0.6) is 5.75 Å². The highest BCUT2D eigenvalue weighted by Gasteiger charge is 2.41. The smallest absolute Gasteiger partial charge is 0.119 e. The summed E-state index contributed by atoms with van der Waals surface area (Å²) in [5.74, 6) is 0.322. The maximum atomic E-state index is 9.79. The number of hydrogen-bond donors (Lipinski definition) is 2. The van der Waals surface area contributed by atoms with Crippen molar-refractivity contribution < 1.29 is 10.2 Å². The summed E-state index contributed by atoms with van der Waals surface area (Å²) in [5, 5.41) is 19.5. The third-order valence-electron chi connectivity index (χ3n) is 2.93. The van der Waals surface area contributed by atoms with Crippen molar-refractivity contribution in [3.8, 4) is 5.75 Å². The minimum Gasteiger partial charge on any atom is -0.508 e. The fourth-order valence-corrected chi connectivity index (χ4v) is 1.86. The Morgan fingerprint density at radius 1 is 1.29 bits per heavy atom. The van der Waals surface area contributed by atoms with Gasteiger partial charge in [-0.3, -0.25) is 0 Å². The fraction of sp³-hybridized carbons (Fsp3) is 0.500. The summed E-state index contributed by atoms with van der Waals surface area (Å²) in [6, 6.07) is 3.80. The highest BCUT2D eigenvalue weighted by Crippen LogP contribution is 2.40. The Balaban J connectivity index is 2.32. The predicted molar refractivity (Wildman–Crippen MR) is 55.5 cm³/mol. The van der Waals surface area contributed by atoms with Gasteiger partial charge in [-0.1, -0.05) is 6.07 Å². The average Bonchev–Trinajstić information content (AvgIpc) is 2.77. The lowest BCUT2D eigenvalue weighted by Crippen LogP contribution is -2.12. The van der Waals surface area contributed by atoms with Crippen molar-refractivity contribution in [3.05, 3.63) is 28.8 Å². The Hall–Kier alpha value is -1.02. The third kappa shape index (κ3) is 1.75. The van der Waals surface area contributed by atoms with Gasteiger partial charge in [0.25, 0.3) is 0 Å². The standard InChI is InChI=1S/C12H16O2/c1-8-5-9(2)10(11(13)6-8)7-12(14)3-4-12/h5-6,13-14H,3-4,7H2,1-2H3. The van der Waals surface area contributed by atoms with Gasteiger partial charge >= 0.3 is 0 Å². The molecule has 14 heavy (non-hydrogen) atoms. The quantitative estimate of drug-likeness (QED) is 0.753. The highest BCUT2D eigenvalue weighted by molar-refractivity contribution is 5.43. The third-order valence-corrected chi connectivity index (χ3v) is 2.93. The molecule has 2 rings (SSSR count). The van der Waals surface area contributed by atoms with Gasteiger partial charge in [-0.05, 0) is 49.4 Å². The van der Waals surface area contributed by atoms with Crippen LogP contribution in [0.15, 0.2) is 12.1 Å². The van der Waals surface area contributed by atoms with Crippen molar-refractivity contribution in [1.29, 1.82) is 0 Å². The van der Waals surface area contributed by atoms with Crippen LogP contribution in [0, 0.1) is 13.8 Å². The van der Waals surface area contributed by atoms with Crippen LogP contribution < -0.4 is 0 Å². The van der Waals surface area contributed by atoms with Gasteiger partial charge in [0.1, 0.15) is 5.75 Å². The first kappa shape index (κ1) is 9.53. The van der Waals surface area contributed by atoms with Gasteiger partial charge in [0.15, 0.2) is 0 Å². The van der Waals surface area contributed by atoms with Crippen LogP contribution in [0.3, 0.4) is 0 Å². The molecule has 1 aromatic rings. The molecule has 0 aliphatic heterocycles. The molecule has 1 aromatic carbocycles. The molecule has 0 saturated heterocycles. The van der Waals surface area contributed by atoms with Gasteiger partial charge < -0.3 is 10.2 Å². The number of phenolic OH excluding ortho intramolecular Hbond substituents is 1. The van der Waals surface area contributed by atoms with Crippen LogP contribution in [-0.2, 0) is 6.42 Å². The van der Waals surface area contributed by atoms with Gasteiger partial charge in [0.2, 0.25) is 0 Å². The second-order valence-corrected chi connectivity index (χ2v) is 4.48. The van der Waals surface area contributed by atoms with Crippen molar-refractivity contribution in [1.82, 2.24) is 0 Å². The Morgan fingerprint density at radius 2 is 1.93 bits per heavy atom. The van der Waals surface area contributed by atoms with E-state index in [1.54, 1.807) is 6.07 Å². The Kier molecular flexibility index (Phi) is 2.04. The van der Waals surface area contributed by atoms with Gasteiger partial charge in [-0.25, -0.2) is 0 Å². The van der Waals surface area contributed by atoms with Crippen molar-refractivity contribution in [3.63, 3.8) is 0 Å². The summed E-state index contributed by atoms with van der Waals surface area (Å²) < 4.78 is 0. The van der Waals surface area contributed by atoms with E-state index in [2.05, 4.69) is 0 Å². The van der Waals surface area contributed by atoms with E-state index >= 15 is 0 Å². The molecule has 76 valence electrons. The molecule has 1 aliphatic carbocycles. The molecule has 0 radical (unpaired) electrons. The molecule has 2 N–H and O–H groups in total. The minimum atomic E-state index is -0.530. The Labute approximate surface area is 84.2 Å². The molecule has 0 unspecified atom stereocenters. The van der Waals surface area contributed by atoms with Gasteiger partial charge in [-0.15, -0.1) is 0 Å². The van der Waals surface area contributed by atoms with E-state index in [-0.39, 0.29) is 0 Å². The molecule has 0 aromatic heterocycles. The van der Waals surface area contributed by atoms with Crippen molar-refractivity contribution in [2.24, 2.45) is 0 Å². The minimum absolute atomic E-state index is 0.322. The molecule has 1 aliphatic rings. The molecular weight excluding hydrogens is 176 g/mol. The molecule has 2 nitrogen and oxygen atoms in total. The predicted octanol–water partition coefficient (Wildman–Crippen LogP) is 2.08. The normalized spacial score (nSPS) is 18.2. The average molecular weight is 192 g/mol. The van der Waals surface area contributed by atoms with E-state index in [1.807, 2.05) is 19.9 Å². The molecular formula is C12H16O2. The zero-order valence-corrected chi connectivity index (χ0v) is 8.67. The molecule has 0 atom stereocenters. The first-order chi connectivity index (χ1) is 6.50. The van der Waals surface area contributed by atoms with E-state index in [9.17, 15) is 10.2 Å². The van der Waals surface area contributed by atoms with Crippen molar-refractivity contribution in [2.45, 2.75) is 38.7 Å². The van der Waals surface area contributed by atoms with E-state index in [1.165, 1.54) is 0 Å².